The first-order chi connectivity index (χ1) is 7.32. The molecule has 1 N–H and O–H groups in total. The van der Waals surface area contributed by atoms with Crippen LogP contribution in [0, 0.1) is 0 Å². The van der Waals surface area contributed by atoms with Crippen molar-refractivity contribution >= 4 is 11.9 Å². The molecule has 0 saturated carbocycles. The lowest BCUT2D eigenvalue weighted by molar-refractivity contribution is -0.153. The van der Waals surface area contributed by atoms with Crippen LogP contribution in [-0.4, -0.2) is 46.7 Å². The van der Waals surface area contributed by atoms with Gasteiger partial charge >= 0.3 is 5.97 Å². The molecule has 1 aliphatic rings. The maximum Gasteiger partial charge on any atom is 0.323 e. The highest BCUT2D eigenvalue weighted by Crippen LogP contribution is 2.20. The summed E-state index contributed by atoms with van der Waals surface area (Å²) in [5.74, 6) is -1.21. The third-order valence-electron chi connectivity index (χ3n) is 2.57. The smallest absolute Gasteiger partial charge is 0.323 e. The fraction of sp³-hybridized carbons (Fsp3) is 0.818. The summed E-state index contributed by atoms with van der Waals surface area (Å²) in [5, 5.41) is 8.80. The van der Waals surface area contributed by atoms with Crippen molar-refractivity contribution in [1.82, 2.24) is 4.90 Å². The first-order valence-corrected chi connectivity index (χ1v) is 5.47. The van der Waals surface area contributed by atoms with Crippen molar-refractivity contribution < 1.29 is 19.4 Å². The van der Waals surface area contributed by atoms with E-state index in [1.54, 1.807) is 0 Å². The molecule has 5 heteroatoms. The van der Waals surface area contributed by atoms with Crippen LogP contribution in [-0.2, 0) is 14.3 Å². The summed E-state index contributed by atoms with van der Waals surface area (Å²) < 4.78 is 5.29. The second-order valence-corrected chi connectivity index (χ2v) is 4.99. The fourth-order valence-corrected chi connectivity index (χ4v) is 1.73. The molecule has 1 aliphatic heterocycles. The minimum absolute atomic E-state index is 0.215. The Morgan fingerprint density at radius 3 is 2.44 bits per heavy atom. The predicted molar refractivity (Wildman–Crippen MR) is 58.1 cm³/mol. The molecule has 0 unspecified atom stereocenters. The van der Waals surface area contributed by atoms with Crippen molar-refractivity contribution in [3.8, 4) is 0 Å². The SMILES string of the molecule is CC(C)(C)N(CC(=O)O)C(=O)[C@H]1CCCO1. The van der Waals surface area contributed by atoms with E-state index < -0.39 is 17.6 Å². The van der Waals surface area contributed by atoms with E-state index in [9.17, 15) is 9.59 Å². The maximum absolute atomic E-state index is 12.1. The first kappa shape index (κ1) is 13.0. The minimum atomic E-state index is -0.999. The third kappa shape index (κ3) is 3.20. The zero-order chi connectivity index (χ0) is 12.3. The molecule has 1 heterocycles. The van der Waals surface area contributed by atoms with Gasteiger partial charge in [0.05, 0.1) is 0 Å². The Labute approximate surface area is 95.4 Å². The van der Waals surface area contributed by atoms with Gasteiger partial charge in [-0.25, -0.2) is 0 Å². The lowest BCUT2D eigenvalue weighted by Gasteiger charge is -2.35. The summed E-state index contributed by atoms with van der Waals surface area (Å²) in [6.07, 6.45) is 1.09. The number of nitrogens with zero attached hydrogens (tertiary/aromatic N) is 1. The molecule has 0 aliphatic carbocycles. The van der Waals surface area contributed by atoms with E-state index in [1.165, 1.54) is 4.90 Å². The Kier molecular flexibility index (Phi) is 3.91. The Hall–Kier alpha value is -1.10. The Balaban J connectivity index is 2.75. The van der Waals surface area contributed by atoms with Gasteiger partial charge in [0.15, 0.2) is 0 Å². The molecule has 0 radical (unpaired) electrons. The van der Waals surface area contributed by atoms with E-state index in [4.69, 9.17) is 9.84 Å². The van der Waals surface area contributed by atoms with E-state index in [0.717, 1.165) is 6.42 Å². The van der Waals surface area contributed by atoms with Crippen molar-refractivity contribution in [3.05, 3.63) is 0 Å². The first-order valence-electron chi connectivity index (χ1n) is 5.47. The summed E-state index contributed by atoms with van der Waals surface area (Å²) in [4.78, 5) is 24.2. The van der Waals surface area contributed by atoms with Crippen LogP contribution in [0.15, 0.2) is 0 Å². The monoisotopic (exact) mass is 229 g/mol. The molecule has 1 atom stereocenters. The van der Waals surface area contributed by atoms with E-state index in [-0.39, 0.29) is 12.5 Å². The van der Waals surface area contributed by atoms with Crippen LogP contribution in [0.5, 0.6) is 0 Å². The highest BCUT2D eigenvalue weighted by atomic mass is 16.5. The predicted octanol–water partition coefficient (Wildman–Crippen LogP) is 0.877. The molecule has 1 amide bonds. The average Bonchev–Trinajstić information content (AvgIpc) is 2.63. The van der Waals surface area contributed by atoms with Gasteiger partial charge in [-0.1, -0.05) is 0 Å². The van der Waals surface area contributed by atoms with E-state index in [2.05, 4.69) is 0 Å². The van der Waals surface area contributed by atoms with Gasteiger partial charge in [-0.3, -0.25) is 9.59 Å². The summed E-state index contributed by atoms with van der Waals surface area (Å²) >= 11 is 0. The zero-order valence-corrected chi connectivity index (χ0v) is 10.0. The summed E-state index contributed by atoms with van der Waals surface area (Å²) in [5.41, 5.74) is -0.499. The van der Waals surface area contributed by atoms with Crippen molar-refractivity contribution in [2.75, 3.05) is 13.2 Å². The minimum Gasteiger partial charge on any atom is -0.480 e. The number of rotatable bonds is 3. The standard InChI is InChI=1S/C11H19NO4/c1-11(2,3)12(7-9(13)14)10(15)8-5-4-6-16-8/h8H,4-7H2,1-3H3,(H,13,14)/t8-/m1/s1. The molecule has 0 spiro atoms. The Morgan fingerprint density at radius 2 is 2.06 bits per heavy atom. The second kappa shape index (κ2) is 4.82. The molecular weight excluding hydrogens is 210 g/mol. The molecule has 1 fully saturated rings. The normalized spacial score (nSPS) is 20.8. The summed E-state index contributed by atoms with van der Waals surface area (Å²) in [7, 11) is 0. The summed E-state index contributed by atoms with van der Waals surface area (Å²) in [6, 6.07) is 0. The zero-order valence-electron chi connectivity index (χ0n) is 10.0. The summed E-state index contributed by atoms with van der Waals surface area (Å²) in [6.45, 7) is 5.78. The molecule has 0 bridgehead atoms. The van der Waals surface area contributed by atoms with Crippen LogP contribution in [0.1, 0.15) is 33.6 Å². The van der Waals surface area contributed by atoms with E-state index in [1.807, 2.05) is 20.8 Å². The van der Waals surface area contributed by atoms with Gasteiger partial charge in [0.1, 0.15) is 12.6 Å². The lowest BCUT2D eigenvalue weighted by Crippen LogP contribution is -2.51. The van der Waals surface area contributed by atoms with Gasteiger partial charge < -0.3 is 14.7 Å². The van der Waals surface area contributed by atoms with Gasteiger partial charge in [0, 0.05) is 12.1 Å². The highest BCUT2D eigenvalue weighted by molar-refractivity contribution is 5.85. The number of carbonyl (C=O) groups is 2. The van der Waals surface area contributed by atoms with E-state index >= 15 is 0 Å². The van der Waals surface area contributed by atoms with Gasteiger partial charge in [0.25, 0.3) is 5.91 Å². The number of carboxylic acids is 1. The molecule has 1 saturated heterocycles. The quantitative estimate of drug-likeness (QED) is 0.780. The number of carbonyl (C=O) groups excluding carboxylic acids is 1. The van der Waals surface area contributed by atoms with Crippen molar-refractivity contribution in [2.45, 2.75) is 45.3 Å². The van der Waals surface area contributed by atoms with Crippen molar-refractivity contribution in [3.63, 3.8) is 0 Å². The Bertz CT molecular complexity index is 276. The van der Waals surface area contributed by atoms with Crippen LogP contribution in [0.25, 0.3) is 0 Å². The highest BCUT2D eigenvalue weighted by Gasteiger charge is 2.35. The largest absolute Gasteiger partial charge is 0.480 e. The van der Waals surface area contributed by atoms with Crippen molar-refractivity contribution in [1.29, 1.82) is 0 Å². The van der Waals surface area contributed by atoms with Gasteiger partial charge in [-0.15, -0.1) is 0 Å². The molecule has 16 heavy (non-hydrogen) atoms. The number of ether oxygens (including phenoxy) is 1. The maximum atomic E-state index is 12.1. The number of aliphatic carboxylic acids is 1. The molecule has 5 nitrogen and oxygen atoms in total. The Morgan fingerprint density at radius 1 is 1.44 bits per heavy atom. The molecule has 0 aromatic rings. The molecule has 0 aromatic carbocycles. The van der Waals surface area contributed by atoms with Crippen LogP contribution >= 0.6 is 0 Å². The van der Waals surface area contributed by atoms with Gasteiger partial charge in [0.2, 0.25) is 0 Å². The number of hydrogen-bond donors (Lipinski definition) is 1. The fourth-order valence-electron chi connectivity index (χ4n) is 1.73. The van der Waals surface area contributed by atoms with Crippen LogP contribution in [0.4, 0.5) is 0 Å². The number of hydrogen-bond acceptors (Lipinski definition) is 3. The number of amides is 1. The number of carboxylic acid groups (broad SMARTS) is 1. The molecule has 1 rings (SSSR count). The van der Waals surface area contributed by atoms with Crippen LogP contribution in [0.3, 0.4) is 0 Å². The van der Waals surface area contributed by atoms with Crippen molar-refractivity contribution in [2.24, 2.45) is 0 Å². The third-order valence-corrected chi connectivity index (χ3v) is 2.57. The topological polar surface area (TPSA) is 66.8 Å². The van der Waals surface area contributed by atoms with Gasteiger partial charge in [-0.05, 0) is 33.6 Å². The molecular formula is C11H19NO4. The second-order valence-electron chi connectivity index (χ2n) is 4.99. The average molecular weight is 229 g/mol. The van der Waals surface area contributed by atoms with Crippen LogP contribution < -0.4 is 0 Å². The molecule has 0 aromatic heterocycles. The van der Waals surface area contributed by atoms with E-state index in [0.29, 0.717) is 13.0 Å². The van der Waals surface area contributed by atoms with Gasteiger partial charge in [-0.2, -0.15) is 0 Å². The van der Waals surface area contributed by atoms with Crippen LogP contribution in [0.2, 0.25) is 0 Å². The molecule has 92 valence electrons. The lowest BCUT2D eigenvalue weighted by atomic mass is 10.0.